The zero-order valence-electron chi connectivity index (χ0n) is 15.1. The van der Waals surface area contributed by atoms with Gasteiger partial charge in [-0.05, 0) is 22.9 Å². The van der Waals surface area contributed by atoms with Crippen molar-refractivity contribution in [3.05, 3.63) is 64.5 Å². The van der Waals surface area contributed by atoms with Gasteiger partial charge in [0.2, 0.25) is 0 Å². The van der Waals surface area contributed by atoms with E-state index in [0.29, 0.717) is 35.5 Å². The van der Waals surface area contributed by atoms with Gasteiger partial charge in [0.15, 0.2) is 0 Å². The molecule has 0 aliphatic carbocycles. The van der Waals surface area contributed by atoms with Crippen LogP contribution in [0, 0.1) is 45.3 Å². The monoisotopic (exact) mass is 367 g/mol. The summed E-state index contributed by atoms with van der Waals surface area (Å²) in [5.74, 6) is 0. The number of hydrogen-bond donors (Lipinski definition) is 1. The number of anilines is 1. The summed E-state index contributed by atoms with van der Waals surface area (Å²) in [7, 11) is 0. The van der Waals surface area contributed by atoms with Gasteiger partial charge in [0.1, 0.15) is 23.8 Å². The topological polar surface area (TPSA) is 119 Å². The number of benzene rings is 2. The van der Waals surface area contributed by atoms with E-state index in [1.807, 2.05) is 41.3 Å². The molecule has 0 radical (unpaired) electrons. The highest BCUT2D eigenvalue weighted by atomic mass is 16.3. The molecule has 2 aromatic rings. The van der Waals surface area contributed by atoms with Gasteiger partial charge in [-0.3, -0.25) is 0 Å². The lowest BCUT2D eigenvalue weighted by atomic mass is 10.0. The fourth-order valence-electron chi connectivity index (χ4n) is 2.77. The minimum absolute atomic E-state index is 0.0144. The normalized spacial score (nSPS) is 9.32. The van der Waals surface area contributed by atoms with Gasteiger partial charge in [0.05, 0.1) is 24.7 Å². The molecule has 0 amide bonds. The predicted octanol–water partition coefficient (Wildman–Crippen LogP) is 1.32. The summed E-state index contributed by atoms with van der Waals surface area (Å²) in [5.41, 5.74) is 2.09. The highest BCUT2D eigenvalue weighted by Gasteiger charge is 2.08. The van der Waals surface area contributed by atoms with Gasteiger partial charge >= 0.3 is 0 Å². The average Bonchev–Trinajstić information content (AvgIpc) is 2.74. The lowest BCUT2D eigenvalue weighted by Crippen LogP contribution is -2.27. The maximum Gasteiger partial charge on any atom is 0.136 e. The Labute approximate surface area is 163 Å². The van der Waals surface area contributed by atoms with Crippen LogP contribution in [0.1, 0.15) is 12.0 Å². The molecule has 0 fully saturated rings. The number of hydrogen-bond acceptors (Lipinski definition) is 6. The van der Waals surface area contributed by atoms with Gasteiger partial charge in [-0.1, -0.05) is 36.4 Å². The van der Waals surface area contributed by atoms with Crippen LogP contribution in [-0.4, -0.2) is 24.8 Å². The SMILES string of the molecule is N#CCCN(CCO)c1ccc(C(C#N)=c2ccc(=C(C#N)C#N)cc2)cc1. The van der Waals surface area contributed by atoms with E-state index in [1.54, 1.807) is 24.3 Å². The summed E-state index contributed by atoms with van der Waals surface area (Å²) >= 11 is 0. The second kappa shape index (κ2) is 10.1. The maximum absolute atomic E-state index is 9.61. The smallest absolute Gasteiger partial charge is 0.136 e. The third-order valence-electron chi connectivity index (χ3n) is 4.18. The van der Waals surface area contributed by atoms with Crippen LogP contribution >= 0.6 is 0 Å². The van der Waals surface area contributed by atoms with Gasteiger partial charge in [-0.25, -0.2) is 0 Å². The summed E-state index contributed by atoms with van der Waals surface area (Å²) in [6.07, 6.45) is 0.355. The van der Waals surface area contributed by atoms with Crippen LogP contribution in [0.2, 0.25) is 0 Å². The van der Waals surface area contributed by atoms with Crippen LogP contribution in [0.15, 0.2) is 48.5 Å². The van der Waals surface area contributed by atoms with Gasteiger partial charge in [0, 0.05) is 24.0 Å². The van der Waals surface area contributed by atoms with Crippen molar-refractivity contribution in [2.24, 2.45) is 0 Å². The predicted molar refractivity (Wildman–Crippen MR) is 104 cm³/mol. The molecule has 0 spiro atoms. The van der Waals surface area contributed by atoms with Crippen LogP contribution < -0.4 is 15.3 Å². The number of aliphatic hydroxyl groups is 1. The Hall–Kier alpha value is -4.10. The number of rotatable bonds is 6. The molecule has 0 aliphatic heterocycles. The fourth-order valence-corrected chi connectivity index (χ4v) is 2.77. The molecule has 0 aromatic heterocycles. The van der Waals surface area contributed by atoms with Crippen molar-refractivity contribution in [3.63, 3.8) is 0 Å². The first-order valence-corrected chi connectivity index (χ1v) is 8.56. The Bertz CT molecular complexity index is 1080. The Balaban J connectivity index is 2.43. The van der Waals surface area contributed by atoms with Gasteiger partial charge in [0.25, 0.3) is 0 Å². The van der Waals surface area contributed by atoms with E-state index >= 15 is 0 Å². The second-order valence-electron chi connectivity index (χ2n) is 5.83. The molecule has 0 saturated carbocycles. The molecule has 0 heterocycles. The molecule has 2 aromatic carbocycles. The van der Waals surface area contributed by atoms with Crippen LogP contribution in [-0.2, 0) is 0 Å². The van der Waals surface area contributed by atoms with Crippen LogP contribution in [0.25, 0.3) is 11.1 Å². The quantitative estimate of drug-likeness (QED) is 0.822. The second-order valence-corrected chi connectivity index (χ2v) is 5.83. The average molecular weight is 367 g/mol. The molecular weight excluding hydrogens is 350 g/mol. The highest BCUT2D eigenvalue weighted by Crippen LogP contribution is 2.19. The zero-order chi connectivity index (χ0) is 20.4. The summed E-state index contributed by atoms with van der Waals surface area (Å²) in [4.78, 5) is 1.91. The molecule has 0 bridgehead atoms. The first-order chi connectivity index (χ1) is 13.7. The van der Waals surface area contributed by atoms with Gasteiger partial charge in [-0.2, -0.15) is 21.0 Å². The van der Waals surface area contributed by atoms with Crippen LogP contribution in [0.5, 0.6) is 0 Å². The number of nitriles is 4. The van der Waals surface area contributed by atoms with E-state index in [0.717, 1.165) is 11.3 Å². The third kappa shape index (κ3) is 4.75. The number of aliphatic hydroxyl groups excluding tert-OH is 1. The molecule has 0 unspecified atom stereocenters. The molecule has 0 atom stereocenters. The fraction of sp³-hybridized carbons (Fsp3) is 0.182. The zero-order valence-corrected chi connectivity index (χ0v) is 15.1. The first-order valence-electron chi connectivity index (χ1n) is 8.56. The van der Waals surface area contributed by atoms with Crippen molar-refractivity contribution in [2.45, 2.75) is 6.42 Å². The van der Waals surface area contributed by atoms with Crippen molar-refractivity contribution < 1.29 is 5.11 Å². The Kier molecular flexibility index (Phi) is 7.33. The van der Waals surface area contributed by atoms with Gasteiger partial charge < -0.3 is 10.0 Å². The lowest BCUT2D eigenvalue weighted by Gasteiger charge is -2.23. The highest BCUT2D eigenvalue weighted by molar-refractivity contribution is 5.77. The molecule has 2 rings (SSSR count). The van der Waals surface area contributed by atoms with E-state index in [9.17, 15) is 10.4 Å². The summed E-state index contributed by atoms with van der Waals surface area (Å²) in [6.45, 7) is 0.927. The van der Waals surface area contributed by atoms with Crippen molar-refractivity contribution in [1.82, 2.24) is 0 Å². The van der Waals surface area contributed by atoms with E-state index < -0.39 is 0 Å². The maximum atomic E-state index is 9.61. The lowest BCUT2D eigenvalue weighted by molar-refractivity contribution is 0.302. The third-order valence-corrected chi connectivity index (χ3v) is 4.18. The molecule has 6 heteroatoms. The Morgan fingerprint density at radius 2 is 1.39 bits per heavy atom. The largest absolute Gasteiger partial charge is 0.395 e. The minimum Gasteiger partial charge on any atom is -0.395 e. The molecular formula is C22H17N5O. The minimum atomic E-state index is -0.0144. The molecule has 1 N–H and O–H groups in total. The van der Waals surface area contributed by atoms with Crippen LogP contribution in [0.3, 0.4) is 0 Å². The van der Waals surface area contributed by atoms with Crippen molar-refractivity contribution >= 4 is 16.8 Å². The molecule has 0 aliphatic rings. The van der Waals surface area contributed by atoms with E-state index in [4.69, 9.17) is 15.8 Å². The van der Waals surface area contributed by atoms with Gasteiger partial charge in [-0.15, -0.1) is 0 Å². The summed E-state index contributed by atoms with van der Waals surface area (Å²) in [5, 5.41) is 46.7. The van der Waals surface area contributed by atoms with Crippen LogP contribution in [0.4, 0.5) is 5.69 Å². The van der Waals surface area contributed by atoms with Crippen molar-refractivity contribution in [1.29, 1.82) is 21.0 Å². The Morgan fingerprint density at radius 3 is 1.89 bits per heavy atom. The molecule has 28 heavy (non-hydrogen) atoms. The van der Waals surface area contributed by atoms with Crippen molar-refractivity contribution in [2.75, 3.05) is 24.6 Å². The summed E-state index contributed by atoms with van der Waals surface area (Å²) < 4.78 is 0. The molecule has 6 nitrogen and oxygen atoms in total. The molecule has 136 valence electrons. The Morgan fingerprint density at radius 1 is 0.786 bits per heavy atom. The van der Waals surface area contributed by atoms with E-state index in [1.165, 1.54) is 0 Å². The number of nitrogens with zero attached hydrogens (tertiary/aromatic N) is 5. The first kappa shape index (κ1) is 20.2. The summed E-state index contributed by atoms with van der Waals surface area (Å²) in [6, 6.07) is 22.0. The van der Waals surface area contributed by atoms with E-state index in [-0.39, 0.29) is 12.2 Å². The van der Waals surface area contributed by atoms with Crippen molar-refractivity contribution in [3.8, 4) is 24.3 Å². The molecule has 0 saturated heterocycles. The standard InChI is InChI=1S/C22H17N5O/c23-10-1-11-27(12-13-28)21-8-6-19(7-9-21)22(16-26)18-4-2-17(3-5-18)20(14-24)15-25/h2-9,28H,1,11-13H2. The van der Waals surface area contributed by atoms with E-state index in [2.05, 4.69) is 12.1 Å².